The molecule has 1 aromatic heterocycles. The van der Waals surface area contributed by atoms with Gasteiger partial charge in [-0.1, -0.05) is 83.2 Å². The molecule has 0 bridgehead atoms. The molecule has 1 N–H and O–H groups in total. The number of H-pyrrole nitrogens is 1. The monoisotopic (exact) mass is 534 g/mol. The van der Waals surface area contributed by atoms with Crippen LogP contribution in [0.1, 0.15) is 21.9 Å². The predicted molar refractivity (Wildman–Crippen MR) is 141 cm³/mol. The first-order valence-corrected chi connectivity index (χ1v) is 13.4. The second kappa shape index (κ2) is 9.28. The standard InChI is InChI=1S/C27H19ClN2O4S2/c28-16-8-6-7-15(13-16)14-34-19-12-5-4-11-18(19)20-21-23(35-24-22(20)36-27(33)29-24)26(32)30(25(21)31)17-9-2-1-3-10-17/h1-13,20-21,23H,14H2,(H,29,33)/t20-,21-,23+/m0/s1. The highest BCUT2D eigenvalue weighted by molar-refractivity contribution is 8.00. The van der Waals surface area contributed by atoms with Crippen molar-refractivity contribution in [2.45, 2.75) is 22.8 Å². The molecule has 2 amide bonds. The molecule has 6 nitrogen and oxygen atoms in total. The van der Waals surface area contributed by atoms with Gasteiger partial charge in [0.1, 0.15) is 17.6 Å². The second-order valence-electron chi connectivity index (χ2n) is 8.55. The zero-order valence-corrected chi connectivity index (χ0v) is 21.1. The molecular weight excluding hydrogens is 516 g/mol. The molecule has 180 valence electrons. The van der Waals surface area contributed by atoms with Crippen LogP contribution in [-0.4, -0.2) is 22.0 Å². The van der Waals surface area contributed by atoms with Gasteiger partial charge >= 0.3 is 4.87 Å². The molecule has 3 atom stereocenters. The summed E-state index contributed by atoms with van der Waals surface area (Å²) in [6.07, 6.45) is 0. The van der Waals surface area contributed by atoms with Crippen LogP contribution in [0.2, 0.25) is 5.02 Å². The van der Waals surface area contributed by atoms with Gasteiger partial charge in [0.25, 0.3) is 0 Å². The highest BCUT2D eigenvalue weighted by atomic mass is 35.5. The average Bonchev–Trinajstić information content (AvgIpc) is 3.38. The second-order valence-corrected chi connectivity index (χ2v) is 11.2. The van der Waals surface area contributed by atoms with Crippen LogP contribution >= 0.6 is 34.7 Å². The SMILES string of the molecule is O=C1[C@H]2[C@H](c3ccccc3OCc3cccc(Cl)c3)c3sc(=O)[nH]c3S[C@H]2C(=O)N1c1ccccc1. The summed E-state index contributed by atoms with van der Waals surface area (Å²) in [5.41, 5.74) is 2.22. The molecule has 1 saturated heterocycles. The van der Waals surface area contributed by atoms with Gasteiger partial charge in [-0.3, -0.25) is 14.4 Å². The molecular formula is C27H19ClN2O4S2. The minimum absolute atomic E-state index is 0.213. The van der Waals surface area contributed by atoms with Gasteiger partial charge in [-0.15, -0.1) is 0 Å². The summed E-state index contributed by atoms with van der Waals surface area (Å²) in [6, 6.07) is 23.9. The van der Waals surface area contributed by atoms with E-state index in [2.05, 4.69) is 4.98 Å². The zero-order chi connectivity index (χ0) is 24.8. The number of nitrogens with one attached hydrogen (secondary N) is 1. The number of hydrogen-bond acceptors (Lipinski definition) is 6. The minimum Gasteiger partial charge on any atom is -0.489 e. The number of amides is 2. The Kier molecular flexibility index (Phi) is 5.95. The Morgan fingerprint density at radius 3 is 2.50 bits per heavy atom. The highest BCUT2D eigenvalue weighted by Gasteiger charge is 2.56. The Bertz CT molecular complexity index is 1530. The van der Waals surface area contributed by atoms with Crippen molar-refractivity contribution in [1.29, 1.82) is 0 Å². The number of imide groups is 1. The smallest absolute Gasteiger partial charge is 0.305 e. The van der Waals surface area contributed by atoms with E-state index < -0.39 is 17.1 Å². The van der Waals surface area contributed by atoms with E-state index in [0.717, 1.165) is 27.3 Å². The first-order chi connectivity index (χ1) is 17.5. The van der Waals surface area contributed by atoms with Crippen LogP contribution in [0.3, 0.4) is 0 Å². The van der Waals surface area contributed by atoms with Crippen molar-refractivity contribution in [2.75, 3.05) is 4.90 Å². The third kappa shape index (κ3) is 3.95. The van der Waals surface area contributed by atoms with E-state index in [4.69, 9.17) is 16.3 Å². The summed E-state index contributed by atoms with van der Waals surface area (Å²) < 4.78 is 6.22. The van der Waals surface area contributed by atoms with E-state index in [0.29, 0.717) is 21.5 Å². The van der Waals surface area contributed by atoms with Crippen LogP contribution in [0.5, 0.6) is 5.75 Å². The van der Waals surface area contributed by atoms with Gasteiger partial charge in [-0.05, 0) is 35.9 Å². The van der Waals surface area contributed by atoms with Crippen LogP contribution < -0.4 is 14.5 Å². The van der Waals surface area contributed by atoms with E-state index >= 15 is 0 Å². The Balaban J connectivity index is 1.43. The number of hydrogen-bond donors (Lipinski definition) is 1. The van der Waals surface area contributed by atoms with Gasteiger partial charge < -0.3 is 9.72 Å². The molecule has 0 unspecified atom stereocenters. The summed E-state index contributed by atoms with van der Waals surface area (Å²) >= 11 is 8.47. The normalized spacial score (nSPS) is 20.8. The summed E-state index contributed by atoms with van der Waals surface area (Å²) in [4.78, 5) is 44.4. The van der Waals surface area contributed by atoms with Crippen molar-refractivity contribution in [3.8, 4) is 5.75 Å². The number of carbonyl (C=O) groups is 2. The fourth-order valence-corrected chi connectivity index (χ4v) is 7.56. The molecule has 0 spiro atoms. The van der Waals surface area contributed by atoms with Gasteiger partial charge in [-0.25, -0.2) is 4.90 Å². The maximum atomic E-state index is 13.8. The van der Waals surface area contributed by atoms with Crippen molar-refractivity contribution in [2.24, 2.45) is 5.92 Å². The summed E-state index contributed by atoms with van der Waals surface area (Å²) in [7, 11) is 0. The average molecular weight is 535 g/mol. The van der Waals surface area contributed by atoms with E-state index in [1.807, 2.05) is 48.5 Å². The number of carbonyl (C=O) groups excluding carboxylic acids is 2. The molecule has 9 heteroatoms. The molecule has 3 aromatic carbocycles. The van der Waals surface area contributed by atoms with Crippen LogP contribution in [0.25, 0.3) is 0 Å². The number of aromatic nitrogens is 1. The van der Waals surface area contributed by atoms with Crippen molar-refractivity contribution in [3.05, 3.63) is 110 Å². The summed E-state index contributed by atoms with van der Waals surface area (Å²) in [5, 5.41) is 0.604. The maximum absolute atomic E-state index is 13.8. The van der Waals surface area contributed by atoms with Crippen molar-refractivity contribution < 1.29 is 14.3 Å². The molecule has 0 saturated carbocycles. The van der Waals surface area contributed by atoms with Gasteiger partial charge in [0.15, 0.2) is 0 Å². The molecule has 2 aliphatic rings. The molecule has 0 aliphatic carbocycles. The number of rotatable bonds is 5. The largest absolute Gasteiger partial charge is 0.489 e. The Labute approximate surface area is 219 Å². The lowest BCUT2D eigenvalue weighted by Crippen LogP contribution is -2.32. The number of thioether (sulfide) groups is 1. The number of aromatic amines is 1. The van der Waals surface area contributed by atoms with E-state index in [1.54, 1.807) is 30.3 Å². The molecule has 36 heavy (non-hydrogen) atoms. The Hall–Kier alpha value is -3.33. The topological polar surface area (TPSA) is 79.5 Å². The molecule has 0 radical (unpaired) electrons. The predicted octanol–water partition coefficient (Wildman–Crippen LogP) is 5.46. The van der Waals surface area contributed by atoms with Gasteiger partial charge in [0.2, 0.25) is 11.8 Å². The van der Waals surface area contributed by atoms with Gasteiger partial charge in [-0.2, -0.15) is 0 Å². The molecule has 3 heterocycles. The zero-order valence-electron chi connectivity index (χ0n) is 18.7. The first kappa shape index (κ1) is 23.1. The van der Waals surface area contributed by atoms with E-state index in [-0.39, 0.29) is 23.3 Å². The number of anilines is 1. The minimum atomic E-state index is -0.669. The molecule has 6 rings (SSSR count). The fraction of sp³-hybridized carbons (Fsp3) is 0.148. The van der Waals surface area contributed by atoms with Crippen molar-refractivity contribution in [3.63, 3.8) is 0 Å². The van der Waals surface area contributed by atoms with E-state index in [9.17, 15) is 14.4 Å². The highest BCUT2D eigenvalue weighted by Crippen LogP contribution is 2.54. The Morgan fingerprint density at radius 2 is 1.69 bits per heavy atom. The third-order valence-electron chi connectivity index (χ3n) is 6.38. The van der Waals surface area contributed by atoms with Gasteiger partial charge in [0, 0.05) is 21.4 Å². The fourth-order valence-electron chi connectivity index (χ4n) is 4.84. The first-order valence-electron chi connectivity index (χ1n) is 11.3. The third-order valence-corrected chi connectivity index (χ3v) is 9.01. The quantitative estimate of drug-likeness (QED) is 0.344. The lowest BCUT2D eigenvalue weighted by Gasteiger charge is -2.30. The summed E-state index contributed by atoms with van der Waals surface area (Å²) in [5.74, 6) is -1.13. The number of benzene rings is 3. The van der Waals surface area contributed by atoms with Crippen LogP contribution in [0, 0.1) is 5.92 Å². The summed E-state index contributed by atoms with van der Waals surface area (Å²) in [6.45, 7) is 0.284. The number of nitrogens with zero attached hydrogens (tertiary/aromatic N) is 1. The van der Waals surface area contributed by atoms with Crippen LogP contribution in [-0.2, 0) is 16.2 Å². The lowest BCUT2D eigenvalue weighted by atomic mass is 9.82. The molecule has 1 fully saturated rings. The van der Waals surface area contributed by atoms with Crippen molar-refractivity contribution in [1.82, 2.24) is 4.98 Å². The van der Waals surface area contributed by atoms with Crippen molar-refractivity contribution >= 4 is 52.2 Å². The number of ether oxygens (including phenoxy) is 1. The number of thiazole rings is 1. The number of halogens is 1. The maximum Gasteiger partial charge on any atom is 0.305 e. The van der Waals surface area contributed by atoms with E-state index in [1.165, 1.54) is 16.7 Å². The van der Waals surface area contributed by atoms with Crippen LogP contribution in [0.15, 0.2) is 88.7 Å². The Morgan fingerprint density at radius 1 is 0.917 bits per heavy atom. The molecule has 2 aliphatic heterocycles. The van der Waals surface area contributed by atoms with Crippen LogP contribution in [0.4, 0.5) is 5.69 Å². The molecule has 4 aromatic rings. The van der Waals surface area contributed by atoms with Gasteiger partial charge in [0.05, 0.1) is 16.6 Å². The number of fused-ring (bicyclic) bond motifs is 2. The lowest BCUT2D eigenvalue weighted by molar-refractivity contribution is -0.122. The number of para-hydroxylation sites is 2.